The van der Waals surface area contributed by atoms with Gasteiger partial charge in [0.15, 0.2) is 4.34 Å². The first-order chi connectivity index (χ1) is 11.7. The molecule has 0 atom stereocenters. The average Bonchev–Trinajstić information content (AvgIpc) is 3.03. The Bertz CT molecular complexity index is 770. The van der Waals surface area contributed by atoms with Crippen LogP contribution in [-0.2, 0) is 0 Å². The molecule has 0 fully saturated rings. The van der Waals surface area contributed by atoms with Crippen molar-refractivity contribution in [3.8, 4) is 5.75 Å². The number of aromatic nitrogens is 2. The van der Waals surface area contributed by atoms with E-state index in [1.807, 2.05) is 24.3 Å². The second-order valence-corrected chi connectivity index (χ2v) is 7.69. The summed E-state index contributed by atoms with van der Waals surface area (Å²) in [6.07, 6.45) is 0. The van der Waals surface area contributed by atoms with Gasteiger partial charge in [0.1, 0.15) is 5.75 Å². The van der Waals surface area contributed by atoms with E-state index in [9.17, 15) is 0 Å². The summed E-state index contributed by atoms with van der Waals surface area (Å²) in [6, 6.07) is 16.3. The quantitative estimate of drug-likeness (QED) is 0.472. The zero-order chi connectivity index (χ0) is 16.8. The molecular formula is C18H19N3OS2. The molecule has 124 valence electrons. The maximum absolute atomic E-state index is 5.72. The highest BCUT2D eigenvalue weighted by molar-refractivity contribution is 8.01. The Morgan fingerprint density at radius 1 is 0.958 bits per heavy atom. The molecule has 24 heavy (non-hydrogen) atoms. The van der Waals surface area contributed by atoms with Gasteiger partial charge in [-0.3, -0.25) is 0 Å². The van der Waals surface area contributed by atoms with E-state index in [4.69, 9.17) is 4.74 Å². The van der Waals surface area contributed by atoms with Gasteiger partial charge >= 0.3 is 0 Å². The first kappa shape index (κ1) is 16.8. The average molecular weight is 358 g/mol. The highest BCUT2D eigenvalue weighted by Crippen LogP contribution is 2.27. The highest BCUT2D eigenvalue weighted by atomic mass is 32.2. The van der Waals surface area contributed by atoms with Crippen LogP contribution in [0.3, 0.4) is 0 Å². The molecule has 1 aromatic heterocycles. The van der Waals surface area contributed by atoms with Crippen LogP contribution in [0.5, 0.6) is 5.75 Å². The van der Waals surface area contributed by atoms with Gasteiger partial charge in [-0.25, -0.2) is 0 Å². The van der Waals surface area contributed by atoms with Crippen LogP contribution in [0, 0.1) is 13.8 Å². The number of nitrogens with zero attached hydrogens (tertiary/aromatic N) is 2. The Kier molecular flexibility index (Phi) is 5.72. The van der Waals surface area contributed by atoms with Crippen LogP contribution in [0.4, 0.5) is 10.8 Å². The molecule has 0 unspecified atom stereocenters. The van der Waals surface area contributed by atoms with Gasteiger partial charge in [0.2, 0.25) is 5.13 Å². The maximum atomic E-state index is 5.72. The number of thioether (sulfide) groups is 1. The van der Waals surface area contributed by atoms with Crippen LogP contribution >= 0.6 is 23.1 Å². The zero-order valence-electron chi connectivity index (χ0n) is 13.7. The number of rotatable bonds is 7. The molecule has 6 heteroatoms. The predicted octanol–water partition coefficient (Wildman–Crippen LogP) is 5.07. The summed E-state index contributed by atoms with van der Waals surface area (Å²) < 4.78 is 6.66. The maximum Gasteiger partial charge on any atom is 0.210 e. The molecule has 3 rings (SSSR count). The van der Waals surface area contributed by atoms with Crippen molar-refractivity contribution >= 4 is 33.9 Å². The van der Waals surface area contributed by atoms with Gasteiger partial charge in [-0.1, -0.05) is 58.5 Å². The number of aryl methyl sites for hydroxylation is 2. The van der Waals surface area contributed by atoms with E-state index in [0.29, 0.717) is 6.61 Å². The van der Waals surface area contributed by atoms with Crippen molar-refractivity contribution in [3.63, 3.8) is 0 Å². The number of anilines is 2. The molecule has 0 saturated heterocycles. The third-order valence-corrected chi connectivity index (χ3v) is 5.24. The van der Waals surface area contributed by atoms with Crippen molar-refractivity contribution < 1.29 is 4.74 Å². The van der Waals surface area contributed by atoms with E-state index in [2.05, 4.69) is 53.6 Å². The molecule has 0 spiro atoms. The number of hydrogen-bond acceptors (Lipinski definition) is 6. The summed E-state index contributed by atoms with van der Waals surface area (Å²) in [5.74, 6) is 1.74. The molecule has 0 aliphatic carbocycles. The zero-order valence-corrected chi connectivity index (χ0v) is 15.3. The Balaban J connectivity index is 1.44. The minimum Gasteiger partial charge on any atom is -0.493 e. The Labute approximate surface area is 150 Å². The lowest BCUT2D eigenvalue weighted by Crippen LogP contribution is -1.99. The second-order valence-electron chi connectivity index (χ2n) is 5.37. The molecule has 1 heterocycles. The molecule has 0 amide bonds. The fourth-order valence-electron chi connectivity index (χ4n) is 2.00. The normalized spacial score (nSPS) is 10.6. The van der Waals surface area contributed by atoms with Gasteiger partial charge < -0.3 is 10.1 Å². The number of nitrogens with one attached hydrogen (secondary N) is 1. The van der Waals surface area contributed by atoms with E-state index in [1.165, 1.54) is 11.1 Å². The predicted molar refractivity (Wildman–Crippen MR) is 102 cm³/mol. The lowest BCUT2D eigenvalue weighted by atomic mass is 10.2. The minimum absolute atomic E-state index is 0.647. The fraction of sp³-hybridized carbons (Fsp3) is 0.222. The Morgan fingerprint density at radius 3 is 2.33 bits per heavy atom. The number of benzene rings is 2. The molecule has 0 aliphatic heterocycles. The lowest BCUT2D eigenvalue weighted by molar-refractivity contribution is 0.344. The number of hydrogen-bond donors (Lipinski definition) is 1. The molecule has 0 bridgehead atoms. The Hall–Kier alpha value is -2.05. The van der Waals surface area contributed by atoms with Crippen molar-refractivity contribution in [2.75, 3.05) is 17.7 Å². The minimum atomic E-state index is 0.647. The molecule has 0 saturated carbocycles. The third kappa shape index (κ3) is 4.97. The molecule has 0 aliphatic rings. The Morgan fingerprint density at radius 2 is 1.62 bits per heavy atom. The third-order valence-electron chi connectivity index (χ3n) is 3.31. The topological polar surface area (TPSA) is 47.0 Å². The summed E-state index contributed by atoms with van der Waals surface area (Å²) >= 11 is 3.21. The summed E-state index contributed by atoms with van der Waals surface area (Å²) in [4.78, 5) is 0. The summed E-state index contributed by atoms with van der Waals surface area (Å²) in [7, 11) is 0. The van der Waals surface area contributed by atoms with Gasteiger partial charge in [-0.05, 0) is 38.1 Å². The van der Waals surface area contributed by atoms with Gasteiger partial charge in [0.05, 0.1) is 6.61 Å². The van der Waals surface area contributed by atoms with Crippen molar-refractivity contribution in [2.24, 2.45) is 0 Å². The first-order valence-corrected chi connectivity index (χ1v) is 9.49. The highest BCUT2D eigenvalue weighted by Gasteiger charge is 2.05. The lowest BCUT2D eigenvalue weighted by Gasteiger charge is -2.05. The molecular weight excluding hydrogens is 338 g/mol. The van der Waals surface area contributed by atoms with Crippen LogP contribution in [0.15, 0.2) is 52.9 Å². The standard InChI is InChI=1S/C18H19N3OS2/c1-13-3-7-15(8-4-13)19-17-20-21-18(24-17)23-12-11-22-16-9-5-14(2)6-10-16/h3-10H,11-12H2,1-2H3,(H,19,20). The molecule has 1 N–H and O–H groups in total. The van der Waals surface area contributed by atoms with Crippen LogP contribution < -0.4 is 10.1 Å². The second kappa shape index (κ2) is 8.17. The van der Waals surface area contributed by atoms with E-state index >= 15 is 0 Å². The SMILES string of the molecule is Cc1ccc(Nc2nnc(SCCOc3ccc(C)cc3)s2)cc1. The van der Waals surface area contributed by atoms with E-state index in [-0.39, 0.29) is 0 Å². The van der Waals surface area contributed by atoms with Gasteiger partial charge in [-0.15, -0.1) is 10.2 Å². The monoisotopic (exact) mass is 357 g/mol. The molecule has 4 nitrogen and oxygen atoms in total. The van der Waals surface area contributed by atoms with Crippen LogP contribution in [-0.4, -0.2) is 22.6 Å². The van der Waals surface area contributed by atoms with Crippen molar-refractivity contribution in [3.05, 3.63) is 59.7 Å². The van der Waals surface area contributed by atoms with E-state index < -0.39 is 0 Å². The van der Waals surface area contributed by atoms with Gasteiger partial charge in [0, 0.05) is 11.4 Å². The smallest absolute Gasteiger partial charge is 0.210 e. The molecule has 3 aromatic rings. The summed E-state index contributed by atoms with van der Waals surface area (Å²) in [5.41, 5.74) is 3.50. The molecule has 2 aromatic carbocycles. The van der Waals surface area contributed by atoms with E-state index in [0.717, 1.165) is 26.7 Å². The van der Waals surface area contributed by atoms with Crippen LogP contribution in [0.25, 0.3) is 0 Å². The summed E-state index contributed by atoms with van der Waals surface area (Å²) in [5, 5.41) is 12.5. The molecule has 0 radical (unpaired) electrons. The van der Waals surface area contributed by atoms with Crippen LogP contribution in [0.2, 0.25) is 0 Å². The van der Waals surface area contributed by atoms with Crippen molar-refractivity contribution in [1.29, 1.82) is 0 Å². The van der Waals surface area contributed by atoms with Crippen molar-refractivity contribution in [1.82, 2.24) is 10.2 Å². The van der Waals surface area contributed by atoms with Gasteiger partial charge in [-0.2, -0.15) is 0 Å². The fourth-order valence-corrected chi connectivity index (χ4v) is 3.66. The summed E-state index contributed by atoms with van der Waals surface area (Å²) in [6.45, 7) is 4.79. The van der Waals surface area contributed by atoms with Gasteiger partial charge in [0.25, 0.3) is 0 Å². The van der Waals surface area contributed by atoms with Crippen LogP contribution in [0.1, 0.15) is 11.1 Å². The van der Waals surface area contributed by atoms with E-state index in [1.54, 1.807) is 23.1 Å². The van der Waals surface area contributed by atoms with Crippen molar-refractivity contribution in [2.45, 2.75) is 18.2 Å². The number of ether oxygens (including phenoxy) is 1. The first-order valence-electron chi connectivity index (χ1n) is 7.68. The largest absolute Gasteiger partial charge is 0.493 e.